The average Bonchev–Trinajstić information content (AvgIpc) is 3.33. The van der Waals surface area contributed by atoms with Gasteiger partial charge < -0.3 is 10.1 Å². The zero-order valence-corrected chi connectivity index (χ0v) is 23.9. The number of rotatable bonds is 6. The number of alkyl carbamates (subject to hydrolysis) is 1. The first-order chi connectivity index (χ1) is 19.2. The van der Waals surface area contributed by atoms with E-state index >= 15 is 0 Å². The molecule has 0 saturated heterocycles. The van der Waals surface area contributed by atoms with Gasteiger partial charge in [0.1, 0.15) is 5.00 Å². The second kappa shape index (κ2) is 11.4. The van der Waals surface area contributed by atoms with Crippen LogP contribution in [-0.2, 0) is 34.1 Å². The van der Waals surface area contributed by atoms with Crippen molar-refractivity contribution in [1.29, 1.82) is 0 Å². The van der Waals surface area contributed by atoms with Gasteiger partial charge in [0.2, 0.25) is 0 Å². The Labute approximate surface area is 237 Å². The van der Waals surface area contributed by atoms with Crippen LogP contribution in [0.1, 0.15) is 50.1 Å². The zero-order chi connectivity index (χ0) is 28.4. The van der Waals surface area contributed by atoms with Crippen molar-refractivity contribution in [2.75, 3.05) is 36.4 Å². The van der Waals surface area contributed by atoms with Gasteiger partial charge in [-0.15, -0.1) is 11.3 Å². The molecule has 2 aliphatic heterocycles. The monoisotopic (exact) mass is 582 g/mol. The Bertz CT molecular complexity index is 1570. The number of fused-ring (bicyclic) bond motifs is 2. The number of imide groups is 1. The SMILES string of the molecule is CCN1CCc2c(sc(NC(=O)c3ccc(S(=O)(=O)N4CCCc5ccccc54)cc3)c2C(=O)NC(=O)OC)C1. The summed E-state index contributed by atoms with van der Waals surface area (Å²) in [6.45, 7) is 4.68. The van der Waals surface area contributed by atoms with Crippen LogP contribution in [0.2, 0.25) is 0 Å². The quantitative estimate of drug-likeness (QED) is 0.450. The van der Waals surface area contributed by atoms with Gasteiger partial charge in [-0.1, -0.05) is 25.1 Å². The van der Waals surface area contributed by atoms with Crippen LogP contribution in [0, 0.1) is 0 Å². The summed E-state index contributed by atoms with van der Waals surface area (Å²) in [6, 6.07) is 13.2. The molecule has 2 aliphatic rings. The predicted molar refractivity (Wildman–Crippen MR) is 153 cm³/mol. The van der Waals surface area contributed by atoms with Crippen molar-refractivity contribution < 1.29 is 27.5 Å². The third-order valence-electron chi connectivity index (χ3n) is 7.21. The van der Waals surface area contributed by atoms with E-state index in [2.05, 4.69) is 27.2 Å². The van der Waals surface area contributed by atoms with Gasteiger partial charge in [-0.25, -0.2) is 13.2 Å². The van der Waals surface area contributed by atoms with E-state index in [4.69, 9.17) is 0 Å². The predicted octanol–water partition coefficient (Wildman–Crippen LogP) is 4.02. The molecule has 0 atom stereocenters. The summed E-state index contributed by atoms with van der Waals surface area (Å²) < 4.78 is 32.9. The maximum atomic E-state index is 13.5. The van der Waals surface area contributed by atoms with Gasteiger partial charge in [0, 0.05) is 30.1 Å². The number of hydrogen-bond donors (Lipinski definition) is 2. The molecule has 0 bridgehead atoms. The average molecular weight is 583 g/mol. The Morgan fingerprint density at radius 2 is 1.75 bits per heavy atom. The number of sulfonamides is 1. The minimum Gasteiger partial charge on any atom is -0.453 e. The number of hydrogen-bond acceptors (Lipinski definition) is 8. The van der Waals surface area contributed by atoms with Crippen molar-refractivity contribution in [3.8, 4) is 0 Å². The highest BCUT2D eigenvalue weighted by Gasteiger charge is 2.31. The summed E-state index contributed by atoms with van der Waals surface area (Å²) in [5.41, 5.74) is 2.95. The number of para-hydroxylation sites is 1. The standard InChI is InChI=1S/C28H30N4O6S2/c1-3-31-16-14-21-23(17-31)39-27(24(21)26(34)30-28(35)38-2)29-25(33)19-10-12-20(13-11-19)40(36,37)32-15-6-8-18-7-4-5-9-22(18)32/h4-5,7,9-13H,3,6,8,14-17H2,1-2H3,(H,29,33)(H,30,34,35). The first-order valence-electron chi connectivity index (χ1n) is 13.0. The fraction of sp³-hybridized carbons (Fsp3) is 0.321. The van der Waals surface area contributed by atoms with Crippen LogP contribution in [0.25, 0.3) is 0 Å². The van der Waals surface area contributed by atoms with Crippen LogP contribution in [0.5, 0.6) is 0 Å². The third kappa shape index (κ3) is 5.34. The Morgan fingerprint density at radius 3 is 2.48 bits per heavy atom. The topological polar surface area (TPSA) is 125 Å². The molecule has 0 saturated carbocycles. The summed E-state index contributed by atoms with van der Waals surface area (Å²) in [5.74, 6) is -1.14. The minimum atomic E-state index is -3.82. The van der Waals surface area contributed by atoms with E-state index in [1.165, 1.54) is 47.0 Å². The number of aryl methyl sites for hydroxylation is 1. The third-order valence-corrected chi connectivity index (χ3v) is 10.2. The van der Waals surface area contributed by atoms with Crippen LogP contribution < -0.4 is 14.9 Å². The van der Waals surface area contributed by atoms with Gasteiger partial charge in [0.15, 0.2) is 0 Å². The minimum absolute atomic E-state index is 0.0881. The van der Waals surface area contributed by atoms with E-state index in [-0.39, 0.29) is 16.0 Å². The van der Waals surface area contributed by atoms with Gasteiger partial charge >= 0.3 is 6.09 Å². The Balaban J connectivity index is 1.39. The smallest absolute Gasteiger partial charge is 0.413 e. The Kier molecular flexibility index (Phi) is 7.92. The van der Waals surface area contributed by atoms with E-state index < -0.39 is 27.9 Å². The number of ether oxygens (including phenoxy) is 1. The lowest BCUT2D eigenvalue weighted by molar-refractivity contribution is 0.0936. The molecule has 10 nitrogen and oxygen atoms in total. The number of nitrogens with one attached hydrogen (secondary N) is 2. The normalized spacial score (nSPS) is 15.1. The number of amides is 3. The van der Waals surface area contributed by atoms with Crippen LogP contribution in [0.3, 0.4) is 0 Å². The molecule has 0 radical (unpaired) electrons. The number of likely N-dealkylation sites (N-methyl/N-ethyl adjacent to an activating group) is 1. The molecule has 0 aliphatic carbocycles. The lowest BCUT2D eigenvalue weighted by atomic mass is 10.0. The molecule has 1 aromatic heterocycles. The summed E-state index contributed by atoms with van der Waals surface area (Å²) >= 11 is 1.30. The highest BCUT2D eigenvalue weighted by Crippen LogP contribution is 2.38. The largest absolute Gasteiger partial charge is 0.453 e. The molecular weight excluding hydrogens is 552 g/mol. The molecule has 0 fully saturated rings. The van der Waals surface area contributed by atoms with Gasteiger partial charge in [-0.2, -0.15) is 0 Å². The highest BCUT2D eigenvalue weighted by atomic mass is 32.2. The fourth-order valence-corrected chi connectivity index (χ4v) is 7.91. The number of methoxy groups -OCH3 is 1. The molecule has 12 heteroatoms. The number of benzene rings is 2. The molecule has 0 spiro atoms. The van der Waals surface area contributed by atoms with Crippen LogP contribution in [0.15, 0.2) is 53.4 Å². The number of anilines is 2. The summed E-state index contributed by atoms with van der Waals surface area (Å²) in [4.78, 5) is 41.2. The molecular formula is C28H30N4O6S2. The van der Waals surface area contributed by atoms with Crippen molar-refractivity contribution in [2.24, 2.45) is 0 Å². The molecule has 3 amide bonds. The number of thiophene rings is 1. The summed E-state index contributed by atoms with van der Waals surface area (Å²) in [6.07, 6.45) is 1.26. The summed E-state index contributed by atoms with van der Waals surface area (Å²) in [7, 11) is -2.65. The van der Waals surface area contributed by atoms with Gasteiger partial charge in [-0.3, -0.25) is 24.1 Å². The van der Waals surface area contributed by atoms with E-state index in [0.717, 1.165) is 41.9 Å². The van der Waals surface area contributed by atoms with Crippen molar-refractivity contribution in [3.05, 3.63) is 75.7 Å². The molecule has 5 rings (SSSR count). The fourth-order valence-electron chi connectivity index (χ4n) is 5.09. The molecule has 0 unspecified atom stereocenters. The number of carbonyl (C=O) groups excluding carboxylic acids is 3. The zero-order valence-electron chi connectivity index (χ0n) is 22.2. The van der Waals surface area contributed by atoms with E-state index in [1.807, 2.05) is 24.3 Å². The summed E-state index contributed by atoms with van der Waals surface area (Å²) in [5, 5.41) is 5.33. The lowest BCUT2D eigenvalue weighted by Gasteiger charge is -2.30. The second-order valence-electron chi connectivity index (χ2n) is 9.56. The van der Waals surface area contributed by atoms with Crippen molar-refractivity contribution in [3.63, 3.8) is 0 Å². The van der Waals surface area contributed by atoms with Gasteiger partial charge in [0.25, 0.3) is 21.8 Å². The molecule has 2 N–H and O–H groups in total. The number of carbonyl (C=O) groups is 3. The maximum absolute atomic E-state index is 13.5. The first-order valence-corrected chi connectivity index (χ1v) is 15.3. The van der Waals surface area contributed by atoms with Crippen LogP contribution in [-0.4, -0.2) is 58.0 Å². The first kappa shape index (κ1) is 27.8. The van der Waals surface area contributed by atoms with E-state index in [9.17, 15) is 22.8 Å². The molecule has 3 heterocycles. The van der Waals surface area contributed by atoms with E-state index in [0.29, 0.717) is 30.2 Å². The van der Waals surface area contributed by atoms with Crippen molar-refractivity contribution >= 4 is 50.0 Å². The van der Waals surface area contributed by atoms with Crippen molar-refractivity contribution in [1.82, 2.24) is 10.2 Å². The number of nitrogens with zero attached hydrogens (tertiary/aromatic N) is 2. The molecule has 2 aromatic carbocycles. The molecule has 40 heavy (non-hydrogen) atoms. The molecule has 3 aromatic rings. The van der Waals surface area contributed by atoms with Crippen LogP contribution >= 0.6 is 11.3 Å². The van der Waals surface area contributed by atoms with E-state index in [1.54, 1.807) is 0 Å². The van der Waals surface area contributed by atoms with Gasteiger partial charge in [-0.05, 0) is 67.3 Å². The second-order valence-corrected chi connectivity index (χ2v) is 12.5. The Hall–Kier alpha value is -3.74. The highest BCUT2D eigenvalue weighted by molar-refractivity contribution is 7.92. The molecule has 210 valence electrons. The lowest BCUT2D eigenvalue weighted by Crippen LogP contribution is -2.35. The van der Waals surface area contributed by atoms with Crippen LogP contribution in [0.4, 0.5) is 15.5 Å². The van der Waals surface area contributed by atoms with Gasteiger partial charge in [0.05, 0.1) is 23.3 Å². The maximum Gasteiger partial charge on any atom is 0.413 e. The Morgan fingerprint density at radius 1 is 1.00 bits per heavy atom. The van der Waals surface area contributed by atoms with Crippen molar-refractivity contribution in [2.45, 2.75) is 37.6 Å².